The average Bonchev–Trinajstić information content (AvgIpc) is 2.85. The Morgan fingerprint density at radius 2 is 2.05 bits per heavy atom. The first-order chi connectivity index (χ1) is 10.7. The highest BCUT2D eigenvalue weighted by molar-refractivity contribution is 7.16. The number of halogens is 1. The number of fused-ring (bicyclic) bond motifs is 1. The van der Waals surface area contributed by atoms with Crippen molar-refractivity contribution in [3.05, 3.63) is 76.6 Å². The van der Waals surface area contributed by atoms with E-state index in [9.17, 15) is 4.79 Å². The van der Waals surface area contributed by atoms with E-state index in [2.05, 4.69) is 11.6 Å². The summed E-state index contributed by atoms with van der Waals surface area (Å²) in [5.74, 6) is -0.254. The fraction of sp³-hybridized carbons (Fsp3) is 0.0588. The number of nitrogens with zero attached hydrogens (tertiary/aromatic N) is 2. The number of carbonyl (C=O) groups excluding carboxylic acids is 1. The number of benzene rings is 2. The molecule has 0 saturated carbocycles. The Morgan fingerprint density at radius 1 is 1.27 bits per heavy atom. The van der Waals surface area contributed by atoms with Gasteiger partial charge in [0.2, 0.25) is 0 Å². The minimum Gasteiger partial charge on any atom is -0.312 e. The molecule has 3 nitrogen and oxygen atoms in total. The smallest absolute Gasteiger partial charge is 0.279 e. The Kier molecular flexibility index (Phi) is 4.22. The van der Waals surface area contributed by atoms with Gasteiger partial charge in [0.25, 0.3) is 5.91 Å². The highest BCUT2D eigenvalue weighted by Gasteiger charge is 2.08. The van der Waals surface area contributed by atoms with Crippen molar-refractivity contribution in [1.82, 2.24) is 4.57 Å². The van der Waals surface area contributed by atoms with Crippen LogP contribution in [-0.4, -0.2) is 10.5 Å². The standard InChI is InChI=1S/C17H13ClN2OS/c1-2-10-20-14-9-8-13(18)11-15(14)22-17(20)19-16(21)12-6-4-3-5-7-12/h2-9,11H,1,10H2. The van der Waals surface area contributed by atoms with Crippen LogP contribution in [0, 0.1) is 0 Å². The third-order valence-corrected chi connectivity index (χ3v) is 4.45. The molecule has 1 amide bonds. The quantitative estimate of drug-likeness (QED) is 0.661. The summed E-state index contributed by atoms with van der Waals surface area (Å²) < 4.78 is 2.96. The molecule has 22 heavy (non-hydrogen) atoms. The first-order valence-corrected chi connectivity index (χ1v) is 7.92. The van der Waals surface area contributed by atoms with E-state index < -0.39 is 0 Å². The number of amides is 1. The summed E-state index contributed by atoms with van der Waals surface area (Å²) in [7, 11) is 0. The molecule has 3 rings (SSSR count). The van der Waals surface area contributed by atoms with Gasteiger partial charge in [-0.1, -0.05) is 47.2 Å². The second kappa shape index (κ2) is 6.30. The fourth-order valence-electron chi connectivity index (χ4n) is 2.17. The molecule has 0 spiro atoms. The molecule has 110 valence electrons. The summed E-state index contributed by atoms with van der Waals surface area (Å²) >= 11 is 7.48. The van der Waals surface area contributed by atoms with Gasteiger partial charge in [0.15, 0.2) is 4.80 Å². The van der Waals surface area contributed by atoms with E-state index in [4.69, 9.17) is 11.6 Å². The SMILES string of the molecule is C=CCn1c(=NC(=O)c2ccccc2)sc2cc(Cl)ccc21. The first kappa shape index (κ1) is 14.8. The van der Waals surface area contributed by atoms with Crippen LogP contribution in [0.1, 0.15) is 10.4 Å². The number of allylic oxidation sites excluding steroid dienone is 1. The number of hydrogen-bond acceptors (Lipinski definition) is 2. The molecule has 0 fully saturated rings. The van der Waals surface area contributed by atoms with Gasteiger partial charge in [0.1, 0.15) is 0 Å². The van der Waals surface area contributed by atoms with Crippen LogP contribution >= 0.6 is 22.9 Å². The van der Waals surface area contributed by atoms with Crippen LogP contribution in [0.4, 0.5) is 0 Å². The summed E-state index contributed by atoms with van der Waals surface area (Å²) in [6.07, 6.45) is 1.78. The molecule has 0 aliphatic rings. The van der Waals surface area contributed by atoms with E-state index in [0.29, 0.717) is 21.9 Å². The minimum absolute atomic E-state index is 0.254. The van der Waals surface area contributed by atoms with Gasteiger partial charge in [0.05, 0.1) is 10.2 Å². The van der Waals surface area contributed by atoms with Crippen LogP contribution in [0.15, 0.2) is 66.2 Å². The van der Waals surface area contributed by atoms with Gasteiger partial charge in [-0.3, -0.25) is 4.79 Å². The lowest BCUT2D eigenvalue weighted by molar-refractivity contribution is 0.0998. The zero-order valence-corrected chi connectivity index (χ0v) is 13.3. The Hall–Kier alpha value is -2.17. The normalized spacial score (nSPS) is 11.8. The molecule has 2 aromatic carbocycles. The van der Waals surface area contributed by atoms with Gasteiger partial charge in [-0.25, -0.2) is 0 Å². The average molecular weight is 329 g/mol. The zero-order chi connectivity index (χ0) is 15.5. The summed E-state index contributed by atoms with van der Waals surface area (Å²) in [6, 6.07) is 14.7. The topological polar surface area (TPSA) is 34.4 Å². The number of aromatic nitrogens is 1. The number of rotatable bonds is 3. The molecule has 1 aromatic heterocycles. The molecule has 1 heterocycles. The van der Waals surface area contributed by atoms with Gasteiger partial charge < -0.3 is 4.57 Å². The molecule has 0 unspecified atom stereocenters. The van der Waals surface area contributed by atoms with Gasteiger partial charge >= 0.3 is 0 Å². The molecule has 0 N–H and O–H groups in total. The van der Waals surface area contributed by atoms with Crippen molar-refractivity contribution in [1.29, 1.82) is 0 Å². The van der Waals surface area contributed by atoms with Crippen molar-refractivity contribution >= 4 is 39.1 Å². The number of thiazole rings is 1. The fourth-order valence-corrected chi connectivity index (χ4v) is 3.48. The number of carbonyl (C=O) groups is 1. The summed E-state index contributed by atoms with van der Waals surface area (Å²) in [5, 5.41) is 0.667. The third-order valence-electron chi connectivity index (χ3n) is 3.17. The molecule has 0 aliphatic heterocycles. The predicted octanol–water partition coefficient (Wildman–Crippen LogP) is 4.28. The first-order valence-electron chi connectivity index (χ1n) is 6.73. The minimum atomic E-state index is -0.254. The molecular weight excluding hydrogens is 316 g/mol. The second-order valence-electron chi connectivity index (χ2n) is 4.68. The lowest BCUT2D eigenvalue weighted by atomic mass is 10.2. The van der Waals surface area contributed by atoms with Crippen LogP contribution in [0.2, 0.25) is 5.02 Å². The van der Waals surface area contributed by atoms with Gasteiger partial charge in [-0.2, -0.15) is 4.99 Å². The Morgan fingerprint density at radius 3 is 2.77 bits per heavy atom. The predicted molar refractivity (Wildman–Crippen MR) is 91.4 cm³/mol. The van der Waals surface area contributed by atoms with E-state index in [1.807, 2.05) is 41.0 Å². The zero-order valence-electron chi connectivity index (χ0n) is 11.7. The van der Waals surface area contributed by atoms with Crippen molar-refractivity contribution in [2.45, 2.75) is 6.54 Å². The van der Waals surface area contributed by atoms with Crippen LogP contribution in [0.5, 0.6) is 0 Å². The molecule has 0 atom stereocenters. The van der Waals surface area contributed by atoms with E-state index in [1.54, 1.807) is 18.2 Å². The van der Waals surface area contributed by atoms with Crippen LogP contribution in [-0.2, 0) is 6.54 Å². The van der Waals surface area contributed by atoms with Crippen molar-refractivity contribution in [3.8, 4) is 0 Å². The number of hydrogen-bond donors (Lipinski definition) is 0. The van der Waals surface area contributed by atoms with Crippen LogP contribution in [0.25, 0.3) is 10.2 Å². The molecule has 3 aromatic rings. The van der Waals surface area contributed by atoms with Gasteiger partial charge in [-0.15, -0.1) is 6.58 Å². The maximum Gasteiger partial charge on any atom is 0.279 e. The van der Waals surface area contributed by atoms with Gasteiger partial charge in [0, 0.05) is 17.1 Å². The van der Waals surface area contributed by atoms with Crippen molar-refractivity contribution in [2.24, 2.45) is 4.99 Å². The summed E-state index contributed by atoms with van der Waals surface area (Å²) in [6.45, 7) is 4.36. The highest BCUT2D eigenvalue weighted by atomic mass is 35.5. The van der Waals surface area contributed by atoms with E-state index in [1.165, 1.54) is 11.3 Å². The maximum atomic E-state index is 12.3. The molecule has 0 aliphatic carbocycles. The van der Waals surface area contributed by atoms with Crippen molar-refractivity contribution in [2.75, 3.05) is 0 Å². The van der Waals surface area contributed by atoms with Crippen molar-refractivity contribution < 1.29 is 4.79 Å². The largest absolute Gasteiger partial charge is 0.312 e. The molecule has 5 heteroatoms. The molecule has 0 saturated heterocycles. The van der Waals surface area contributed by atoms with E-state index in [0.717, 1.165) is 10.2 Å². The van der Waals surface area contributed by atoms with Crippen LogP contribution in [0.3, 0.4) is 0 Å². The molecule has 0 radical (unpaired) electrons. The van der Waals surface area contributed by atoms with Gasteiger partial charge in [-0.05, 0) is 30.3 Å². The Balaban J connectivity index is 2.17. The maximum absolute atomic E-state index is 12.3. The van der Waals surface area contributed by atoms with E-state index in [-0.39, 0.29) is 5.91 Å². The summed E-state index contributed by atoms with van der Waals surface area (Å²) in [5.41, 5.74) is 1.57. The molecule has 0 bridgehead atoms. The monoisotopic (exact) mass is 328 g/mol. The van der Waals surface area contributed by atoms with E-state index >= 15 is 0 Å². The lowest BCUT2D eigenvalue weighted by Gasteiger charge is -2.00. The van der Waals surface area contributed by atoms with Crippen LogP contribution < -0.4 is 4.80 Å². The lowest BCUT2D eigenvalue weighted by Crippen LogP contribution is -2.16. The molecular formula is C17H13ClN2OS. The Labute approximate surface area is 136 Å². The third kappa shape index (κ3) is 2.89. The second-order valence-corrected chi connectivity index (χ2v) is 6.12. The van der Waals surface area contributed by atoms with Crippen molar-refractivity contribution in [3.63, 3.8) is 0 Å². The Bertz CT molecular complexity index is 909. The summed E-state index contributed by atoms with van der Waals surface area (Å²) in [4.78, 5) is 17.2. The highest BCUT2D eigenvalue weighted by Crippen LogP contribution is 2.22.